The van der Waals surface area contributed by atoms with Crippen molar-refractivity contribution in [1.82, 2.24) is 9.97 Å². The minimum Gasteiger partial charge on any atom is -0.333 e. The second-order valence-corrected chi connectivity index (χ2v) is 5.66. The van der Waals surface area contributed by atoms with Crippen molar-refractivity contribution in [3.8, 4) is 0 Å². The van der Waals surface area contributed by atoms with Crippen LogP contribution in [0.3, 0.4) is 0 Å². The zero-order valence-electron chi connectivity index (χ0n) is 11.9. The van der Waals surface area contributed by atoms with Gasteiger partial charge in [-0.25, -0.2) is 4.98 Å². The van der Waals surface area contributed by atoms with E-state index in [0.717, 1.165) is 11.0 Å². The standard InChI is InChI=1S/C15H12N4O3S/c20-14(16-10-5-7-11(8-6-10)19(21)22)9-23-15-17-12-3-1-2-4-13(12)18-15/h1-8H,9H2,(H,16,20)(H,17,18). The molecule has 0 atom stereocenters. The van der Waals surface area contributed by atoms with Crippen LogP contribution >= 0.6 is 11.8 Å². The number of nitrogens with one attached hydrogen (secondary N) is 2. The number of nitro benzene ring substituents is 1. The summed E-state index contributed by atoms with van der Waals surface area (Å²) in [6.07, 6.45) is 0. The number of carbonyl (C=O) groups is 1. The second-order valence-electron chi connectivity index (χ2n) is 4.70. The monoisotopic (exact) mass is 328 g/mol. The van der Waals surface area contributed by atoms with E-state index in [1.807, 2.05) is 24.3 Å². The third-order valence-electron chi connectivity index (χ3n) is 3.07. The highest BCUT2D eigenvalue weighted by molar-refractivity contribution is 7.99. The normalized spacial score (nSPS) is 10.6. The van der Waals surface area contributed by atoms with E-state index in [9.17, 15) is 14.9 Å². The lowest BCUT2D eigenvalue weighted by molar-refractivity contribution is -0.384. The highest BCUT2D eigenvalue weighted by Gasteiger charge is 2.09. The first kappa shape index (κ1) is 15.0. The van der Waals surface area contributed by atoms with Crippen LogP contribution in [-0.2, 0) is 4.79 Å². The Morgan fingerprint density at radius 3 is 2.65 bits per heavy atom. The van der Waals surface area contributed by atoms with E-state index >= 15 is 0 Å². The number of carbonyl (C=O) groups excluding carboxylic acids is 1. The summed E-state index contributed by atoms with van der Waals surface area (Å²) in [5.74, 6) is -0.0131. The number of benzene rings is 2. The number of para-hydroxylation sites is 2. The Morgan fingerprint density at radius 2 is 1.96 bits per heavy atom. The summed E-state index contributed by atoms with van der Waals surface area (Å²) in [4.78, 5) is 29.5. The number of nitrogens with zero attached hydrogens (tertiary/aromatic N) is 2. The van der Waals surface area contributed by atoms with Crippen LogP contribution in [0.5, 0.6) is 0 Å². The van der Waals surface area contributed by atoms with Crippen molar-refractivity contribution in [2.45, 2.75) is 5.16 Å². The van der Waals surface area contributed by atoms with Crippen LogP contribution in [0.4, 0.5) is 11.4 Å². The number of non-ortho nitro benzene ring substituents is 1. The lowest BCUT2D eigenvalue weighted by Crippen LogP contribution is -2.14. The molecule has 116 valence electrons. The van der Waals surface area contributed by atoms with Crippen molar-refractivity contribution in [3.05, 3.63) is 58.6 Å². The molecule has 0 saturated carbocycles. The number of hydrogen-bond acceptors (Lipinski definition) is 5. The van der Waals surface area contributed by atoms with Gasteiger partial charge in [0.05, 0.1) is 21.7 Å². The fourth-order valence-corrected chi connectivity index (χ4v) is 2.68. The number of fused-ring (bicyclic) bond motifs is 1. The molecule has 0 aliphatic carbocycles. The van der Waals surface area contributed by atoms with E-state index in [0.29, 0.717) is 10.8 Å². The van der Waals surface area contributed by atoms with Gasteiger partial charge >= 0.3 is 0 Å². The van der Waals surface area contributed by atoms with Crippen LogP contribution in [0.1, 0.15) is 0 Å². The molecule has 0 aliphatic rings. The molecule has 3 aromatic rings. The first-order chi connectivity index (χ1) is 11.1. The summed E-state index contributed by atoms with van der Waals surface area (Å²) in [5.41, 5.74) is 2.28. The van der Waals surface area contributed by atoms with E-state index in [-0.39, 0.29) is 17.3 Å². The Bertz CT molecular complexity index is 828. The molecular formula is C15H12N4O3S. The SMILES string of the molecule is O=C(CSc1nc2ccccc2[nH]1)Nc1ccc([N+](=O)[O-])cc1. The smallest absolute Gasteiger partial charge is 0.269 e. The van der Waals surface area contributed by atoms with Gasteiger partial charge in [0.15, 0.2) is 5.16 Å². The van der Waals surface area contributed by atoms with Gasteiger partial charge < -0.3 is 10.3 Å². The highest BCUT2D eigenvalue weighted by Crippen LogP contribution is 2.20. The van der Waals surface area contributed by atoms with Crippen LogP contribution in [0.2, 0.25) is 0 Å². The maximum absolute atomic E-state index is 11.9. The first-order valence-corrected chi connectivity index (χ1v) is 7.72. The Hall–Kier alpha value is -2.87. The zero-order chi connectivity index (χ0) is 16.2. The maximum Gasteiger partial charge on any atom is 0.269 e. The van der Waals surface area contributed by atoms with Crippen molar-refractivity contribution in [1.29, 1.82) is 0 Å². The molecule has 1 heterocycles. The van der Waals surface area contributed by atoms with Gasteiger partial charge in [0.25, 0.3) is 5.69 Å². The molecule has 2 N–H and O–H groups in total. The number of aromatic amines is 1. The van der Waals surface area contributed by atoms with Gasteiger partial charge in [-0.3, -0.25) is 14.9 Å². The molecule has 2 aromatic carbocycles. The minimum absolute atomic E-state index is 0.0142. The molecule has 0 aliphatic heterocycles. The number of imidazole rings is 1. The molecule has 0 fully saturated rings. The number of hydrogen-bond donors (Lipinski definition) is 2. The average Bonchev–Trinajstić information content (AvgIpc) is 2.96. The average molecular weight is 328 g/mol. The summed E-state index contributed by atoms with van der Waals surface area (Å²) in [5, 5.41) is 13.9. The number of rotatable bonds is 5. The van der Waals surface area contributed by atoms with Gasteiger partial charge in [-0.05, 0) is 24.3 Å². The van der Waals surface area contributed by atoms with Crippen molar-refractivity contribution < 1.29 is 9.72 Å². The Kier molecular flexibility index (Phi) is 4.24. The number of aromatic nitrogens is 2. The number of H-pyrrole nitrogens is 1. The summed E-state index contributed by atoms with van der Waals surface area (Å²) in [7, 11) is 0. The number of nitro groups is 1. The Morgan fingerprint density at radius 1 is 1.22 bits per heavy atom. The molecule has 1 amide bonds. The van der Waals surface area contributed by atoms with Gasteiger partial charge in [0, 0.05) is 17.8 Å². The van der Waals surface area contributed by atoms with Gasteiger partial charge in [-0.2, -0.15) is 0 Å². The van der Waals surface area contributed by atoms with E-state index in [1.54, 1.807) is 0 Å². The van der Waals surface area contributed by atoms with Crippen LogP contribution in [0.25, 0.3) is 11.0 Å². The molecule has 0 radical (unpaired) electrons. The molecule has 0 spiro atoms. The van der Waals surface area contributed by atoms with E-state index < -0.39 is 4.92 Å². The summed E-state index contributed by atoms with van der Waals surface area (Å²) in [6.45, 7) is 0. The van der Waals surface area contributed by atoms with Crippen LogP contribution in [0.15, 0.2) is 53.7 Å². The van der Waals surface area contributed by atoms with E-state index in [2.05, 4.69) is 15.3 Å². The fraction of sp³-hybridized carbons (Fsp3) is 0.0667. The first-order valence-electron chi connectivity index (χ1n) is 6.74. The molecule has 0 saturated heterocycles. The second kappa shape index (κ2) is 6.49. The van der Waals surface area contributed by atoms with Gasteiger partial charge in [0.2, 0.25) is 5.91 Å². The number of amides is 1. The predicted molar refractivity (Wildman–Crippen MR) is 88.5 cm³/mol. The highest BCUT2D eigenvalue weighted by atomic mass is 32.2. The zero-order valence-corrected chi connectivity index (χ0v) is 12.7. The molecule has 1 aromatic heterocycles. The lowest BCUT2D eigenvalue weighted by Gasteiger charge is -2.03. The van der Waals surface area contributed by atoms with Crippen LogP contribution in [-0.4, -0.2) is 26.6 Å². The van der Waals surface area contributed by atoms with E-state index in [4.69, 9.17) is 0 Å². The van der Waals surface area contributed by atoms with Crippen LogP contribution in [0, 0.1) is 10.1 Å². The van der Waals surface area contributed by atoms with Crippen molar-refractivity contribution >= 4 is 40.1 Å². The summed E-state index contributed by atoms with van der Waals surface area (Å²) >= 11 is 1.29. The molecule has 0 unspecified atom stereocenters. The molecule has 7 nitrogen and oxygen atoms in total. The molecule has 0 bridgehead atoms. The van der Waals surface area contributed by atoms with Gasteiger partial charge in [0.1, 0.15) is 0 Å². The predicted octanol–water partition coefficient (Wildman–Crippen LogP) is 3.20. The van der Waals surface area contributed by atoms with Crippen molar-refractivity contribution in [2.75, 3.05) is 11.1 Å². The third kappa shape index (κ3) is 3.67. The van der Waals surface area contributed by atoms with Gasteiger partial charge in [-0.15, -0.1) is 0 Å². The summed E-state index contributed by atoms with van der Waals surface area (Å²) in [6, 6.07) is 13.3. The maximum atomic E-state index is 11.9. The Labute approximate surface area is 135 Å². The third-order valence-corrected chi connectivity index (χ3v) is 3.94. The van der Waals surface area contributed by atoms with Gasteiger partial charge in [-0.1, -0.05) is 23.9 Å². The summed E-state index contributed by atoms with van der Waals surface area (Å²) < 4.78 is 0. The van der Waals surface area contributed by atoms with E-state index in [1.165, 1.54) is 36.0 Å². The minimum atomic E-state index is -0.483. The Balaban J connectivity index is 1.57. The molecule has 23 heavy (non-hydrogen) atoms. The number of anilines is 1. The topological polar surface area (TPSA) is 101 Å². The fourth-order valence-electron chi connectivity index (χ4n) is 2.00. The quantitative estimate of drug-likeness (QED) is 0.425. The van der Waals surface area contributed by atoms with Crippen molar-refractivity contribution in [3.63, 3.8) is 0 Å². The number of thioether (sulfide) groups is 1. The van der Waals surface area contributed by atoms with Crippen LogP contribution < -0.4 is 5.32 Å². The molecular weight excluding hydrogens is 316 g/mol. The van der Waals surface area contributed by atoms with Crippen molar-refractivity contribution in [2.24, 2.45) is 0 Å². The molecule has 3 rings (SSSR count). The lowest BCUT2D eigenvalue weighted by atomic mass is 10.3. The largest absolute Gasteiger partial charge is 0.333 e. The molecule has 8 heteroatoms.